The topological polar surface area (TPSA) is 79.3 Å². The fraction of sp³-hybridized carbons (Fsp3) is 0.192. The number of carbonyl (C=O) groups is 2. The number of aliphatic carboxylic acids is 1. The number of aryl methyl sites for hydroxylation is 1. The van der Waals surface area contributed by atoms with Crippen LogP contribution >= 0.6 is 0 Å². The third-order valence-corrected chi connectivity index (χ3v) is 4.86. The molecule has 5 nitrogen and oxygen atoms in total. The van der Waals surface area contributed by atoms with Crippen LogP contribution in [0.3, 0.4) is 0 Å². The molecule has 0 aliphatic rings. The van der Waals surface area contributed by atoms with E-state index in [4.69, 9.17) is 5.11 Å². The highest BCUT2D eigenvalue weighted by Crippen LogP contribution is 2.26. The van der Waals surface area contributed by atoms with Crippen molar-refractivity contribution < 1.29 is 14.7 Å². The van der Waals surface area contributed by atoms with Crippen LogP contribution in [0, 0.1) is 0 Å². The van der Waals surface area contributed by atoms with E-state index in [1.165, 1.54) is 0 Å². The molecule has 0 unspecified atom stereocenters. The number of carboxylic acid groups (broad SMARTS) is 1. The van der Waals surface area contributed by atoms with E-state index in [2.05, 4.69) is 10.3 Å². The number of nitrogens with one attached hydrogen (secondary N) is 1. The van der Waals surface area contributed by atoms with Crippen molar-refractivity contribution in [2.45, 2.75) is 32.1 Å². The molecule has 3 aromatic rings. The minimum absolute atomic E-state index is 0.0330. The van der Waals surface area contributed by atoms with Gasteiger partial charge in [-0.05, 0) is 54.2 Å². The van der Waals surface area contributed by atoms with E-state index in [-0.39, 0.29) is 12.3 Å². The highest BCUT2D eigenvalue weighted by molar-refractivity contribution is 5.92. The molecule has 2 aromatic carbocycles. The Labute approximate surface area is 182 Å². The van der Waals surface area contributed by atoms with Gasteiger partial charge in [0, 0.05) is 36.5 Å². The fourth-order valence-electron chi connectivity index (χ4n) is 3.31. The van der Waals surface area contributed by atoms with E-state index < -0.39 is 5.97 Å². The second kappa shape index (κ2) is 11.5. The van der Waals surface area contributed by atoms with Crippen molar-refractivity contribution in [1.29, 1.82) is 0 Å². The average Bonchev–Trinajstić information content (AvgIpc) is 2.79. The first-order chi connectivity index (χ1) is 15.1. The number of anilines is 1. The highest BCUT2D eigenvalue weighted by Gasteiger charge is 2.09. The fourth-order valence-corrected chi connectivity index (χ4v) is 3.31. The van der Waals surface area contributed by atoms with Gasteiger partial charge in [0.25, 0.3) is 0 Å². The van der Waals surface area contributed by atoms with E-state index in [1.54, 1.807) is 12.4 Å². The quantitative estimate of drug-likeness (QED) is 0.439. The van der Waals surface area contributed by atoms with Gasteiger partial charge < -0.3 is 10.4 Å². The molecule has 5 heteroatoms. The molecule has 31 heavy (non-hydrogen) atoms. The summed E-state index contributed by atoms with van der Waals surface area (Å²) >= 11 is 0. The molecule has 0 spiro atoms. The second-order valence-electron chi connectivity index (χ2n) is 7.26. The van der Waals surface area contributed by atoms with Gasteiger partial charge in [-0.1, -0.05) is 54.6 Å². The number of benzene rings is 2. The standard InChI is InChI=1S/C26H26N2O3/c29-25(16-15-20-8-2-1-3-9-20)28-23-12-6-10-21(18-23)24(13-4-5-14-26(30)31)22-11-7-17-27-19-22/h1-3,6-13,17-19H,4-5,14-16H2,(H,28,29)(H,30,31). The molecule has 158 valence electrons. The second-order valence-corrected chi connectivity index (χ2v) is 7.26. The summed E-state index contributed by atoms with van der Waals surface area (Å²) < 4.78 is 0. The largest absolute Gasteiger partial charge is 0.481 e. The molecule has 0 saturated heterocycles. The summed E-state index contributed by atoms with van der Waals surface area (Å²) in [5.74, 6) is -0.828. The van der Waals surface area contributed by atoms with Crippen molar-refractivity contribution in [2.75, 3.05) is 5.32 Å². The Balaban J connectivity index is 1.72. The van der Waals surface area contributed by atoms with Crippen molar-refractivity contribution in [1.82, 2.24) is 4.98 Å². The van der Waals surface area contributed by atoms with Crippen LogP contribution in [0.2, 0.25) is 0 Å². The third-order valence-electron chi connectivity index (χ3n) is 4.86. The number of nitrogens with zero attached hydrogens (tertiary/aromatic N) is 1. The Bertz CT molecular complexity index is 1030. The van der Waals surface area contributed by atoms with E-state index in [0.717, 1.165) is 28.0 Å². The summed E-state index contributed by atoms with van der Waals surface area (Å²) in [5, 5.41) is 11.9. The number of pyridine rings is 1. The van der Waals surface area contributed by atoms with E-state index in [0.29, 0.717) is 25.7 Å². The number of aromatic nitrogens is 1. The zero-order valence-corrected chi connectivity index (χ0v) is 17.3. The molecule has 0 aliphatic carbocycles. The maximum atomic E-state index is 12.4. The maximum Gasteiger partial charge on any atom is 0.303 e. The zero-order chi connectivity index (χ0) is 21.9. The van der Waals surface area contributed by atoms with Crippen molar-refractivity contribution in [3.63, 3.8) is 0 Å². The van der Waals surface area contributed by atoms with Gasteiger partial charge in [-0.3, -0.25) is 14.6 Å². The van der Waals surface area contributed by atoms with Crippen LogP contribution < -0.4 is 5.32 Å². The molecule has 1 aromatic heterocycles. The van der Waals surface area contributed by atoms with Crippen LogP contribution in [0.15, 0.2) is 85.2 Å². The molecule has 0 saturated carbocycles. The van der Waals surface area contributed by atoms with E-state index in [9.17, 15) is 9.59 Å². The predicted molar refractivity (Wildman–Crippen MR) is 123 cm³/mol. The van der Waals surface area contributed by atoms with Crippen LogP contribution in [-0.2, 0) is 16.0 Å². The van der Waals surface area contributed by atoms with E-state index in [1.807, 2.05) is 72.8 Å². The van der Waals surface area contributed by atoms with Gasteiger partial charge in [0.15, 0.2) is 0 Å². The summed E-state index contributed by atoms with van der Waals surface area (Å²) in [7, 11) is 0. The van der Waals surface area contributed by atoms with Gasteiger partial charge in [-0.15, -0.1) is 0 Å². The Morgan fingerprint density at radius 2 is 1.74 bits per heavy atom. The molecule has 0 bridgehead atoms. The lowest BCUT2D eigenvalue weighted by Gasteiger charge is -2.11. The lowest BCUT2D eigenvalue weighted by atomic mass is 9.97. The Morgan fingerprint density at radius 3 is 2.48 bits per heavy atom. The van der Waals surface area contributed by atoms with Crippen molar-refractivity contribution in [3.8, 4) is 0 Å². The van der Waals surface area contributed by atoms with Gasteiger partial charge >= 0.3 is 5.97 Å². The molecular formula is C26H26N2O3. The van der Waals surface area contributed by atoms with Crippen LogP contribution in [0.4, 0.5) is 5.69 Å². The molecule has 1 heterocycles. The minimum atomic E-state index is -0.795. The molecule has 2 N–H and O–H groups in total. The number of allylic oxidation sites excluding steroid dienone is 1. The number of carbonyl (C=O) groups excluding carboxylic acids is 1. The van der Waals surface area contributed by atoms with Gasteiger partial charge in [-0.25, -0.2) is 0 Å². The zero-order valence-electron chi connectivity index (χ0n) is 17.3. The van der Waals surface area contributed by atoms with Crippen LogP contribution in [0.25, 0.3) is 5.57 Å². The Morgan fingerprint density at radius 1 is 0.935 bits per heavy atom. The molecule has 0 aliphatic heterocycles. The average molecular weight is 415 g/mol. The molecule has 3 rings (SSSR count). The van der Waals surface area contributed by atoms with Crippen LogP contribution in [0.5, 0.6) is 0 Å². The molecule has 0 fully saturated rings. The van der Waals surface area contributed by atoms with Crippen molar-refractivity contribution in [2.24, 2.45) is 0 Å². The number of rotatable bonds is 10. The van der Waals surface area contributed by atoms with E-state index >= 15 is 0 Å². The van der Waals surface area contributed by atoms with Gasteiger partial charge in [0.1, 0.15) is 0 Å². The Kier molecular flexibility index (Phi) is 8.12. The summed E-state index contributed by atoms with van der Waals surface area (Å²) in [6, 6.07) is 21.5. The van der Waals surface area contributed by atoms with Crippen LogP contribution in [-0.4, -0.2) is 22.0 Å². The maximum absolute atomic E-state index is 12.4. The Hall–Kier alpha value is -3.73. The lowest BCUT2D eigenvalue weighted by molar-refractivity contribution is -0.137. The summed E-state index contributed by atoms with van der Waals surface area (Å²) in [4.78, 5) is 27.4. The summed E-state index contributed by atoms with van der Waals surface area (Å²) in [6.45, 7) is 0. The first-order valence-electron chi connectivity index (χ1n) is 10.4. The van der Waals surface area contributed by atoms with Gasteiger partial charge in [0.2, 0.25) is 5.91 Å². The first-order valence-corrected chi connectivity index (χ1v) is 10.4. The number of amides is 1. The minimum Gasteiger partial charge on any atom is -0.481 e. The summed E-state index contributed by atoms with van der Waals surface area (Å²) in [6.07, 6.45) is 7.98. The smallest absolute Gasteiger partial charge is 0.303 e. The SMILES string of the molecule is O=C(O)CCCC=C(c1cccnc1)c1cccc(NC(=O)CCc2ccccc2)c1. The number of unbranched alkanes of at least 4 members (excludes halogenated alkanes) is 1. The highest BCUT2D eigenvalue weighted by atomic mass is 16.4. The van der Waals surface area contributed by atoms with Gasteiger partial charge in [0.05, 0.1) is 0 Å². The molecule has 1 amide bonds. The van der Waals surface area contributed by atoms with Gasteiger partial charge in [-0.2, -0.15) is 0 Å². The predicted octanol–water partition coefficient (Wildman–Crippen LogP) is 5.34. The normalized spacial score (nSPS) is 11.2. The molecular weight excluding hydrogens is 388 g/mol. The monoisotopic (exact) mass is 414 g/mol. The lowest BCUT2D eigenvalue weighted by Crippen LogP contribution is -2.12. The third kappa shape index (κ3) is 7.23. The number of hydrogen-bond donors (Lipinski definition) is 2. The molecule has 0 atom stereocenters. The molecule has 0 radical (unpaired) electrons. The van der Waals surface area contributed by atoms with Crippen molar-refractivity contribution in [3.05, 3.63) is 102 Å². The summed E-state index contributed by atoms with van der Waals surface area (Å²) in [5.41, 5.74) is 4.74. The van der Waals surface area contributed by atoms with Crippen LogP contribution in [0.1, 0.15) is 42.4 Å². The number of carboxylic acids is 1. The number of hydrogen-bond acceptors (Lipinski definition) is 3. The van der Waals surface area contributed by atoms with Crippen molar-refractivity contribution >= 4 is 23.1 Å². The first kappa shape index (κ1) is 22.0.